The van der Waals surface area contributed by atoms with Crippen molar-refractivity contribution in [2.45, 2.75) is 82.9 Å². The number of rotatable bonds is 7. The quantitative estimate of drug-likeness (QED) is 0.726. The molecule has 2 heterocycles. The molecule has 2 saturated heterocycles. The summed E-state index contributed by atoms with van der Waals surface area (Å²) in [5.74, 6) is 1.81. The summed E-state index contributed by atoms with van der Waals surface area (Å²) in [4.78, 5) is 0. The summed E-state index contributed by atoms with van der Waals surface area (Å²) in [5.41, 5.74) is 0. The van der Waals surface area contributed by atoms with Gasteiger partial charge in [-0.25, -0.2) is 0 Å². The zero-order valence-corrected chi connectivity index (χ0v) is 12.6. The van der Waals surface area contributed by atoms with Crippen molar-refractivity contribution in [2.75, 3.05) is 0 Å². The number of fused-ring (bicyclic) bond motifs is 2. The van der Waals surface area contributed by atoms with Gasteiger partial charge in [-0.15, -0.1) is 0 Å². The van der Waals surface area contributed by atoms with E-state index in [9.17, 15) is 5.11 Å². The maximum atomic E-state index is 10.3. The van der Waals surface area contributed by atoms with Gasteiger partial charge < -0.3 is 14.6 Å². The molecule has 114 valence electrons. The summed E-state index contributed by atoms with van der Waals surface area (Å²) >= 11 is 0. The van der Waals surface area contributed by atoms with Crippen molar-refractivity contribution in [2.24, 2.45) is 23.7 Å². The van der Waals surface area contributed by atoms with Crippen LogP contribution in [0.4, 0.5) is 0 Å². The van der Waals surface area contributed by atoms with E-state index >= 15 is 0 Å². The second-order valence-corrected chi connectivity index (χ2v) is 7.49. The predicted octanol–water partition coefficient (Wildman–Crippen LogP) is 3.45. The van der Waals surface area contributed by atoms with Gasteiger partial charge in [0, 0.05) is 18.3 Å². The lowest BCUT2D eigenvalue weighted by atomic mass is 9.77. The van der Waals surface area contributed by atoms with E-state index in [4.69, 9.17) is 9.47 Å². The molecular formula is C17H28O3. The van der Waals surface area contributed by atoms with Gasteiger partial charge in [-0.05, 0) is 31.1 Å². The van der Waals surface area contributed by atoms with Crippen LogP contribution in [0.5, 0.6) is 0 Å². The van der Waals surface area contributed by atoms with Gasteiger partial charge in [0.15, 0.2) is 12.1 Å². The largest absolute Gasteiger partial charge is 0.368 e. The molecule has 0 radical (unpaired) electrons. The van der Waals surface area contributed by atoms with Gasteiger partial charge in [0.2, 0.25) is 0 Å². The highest BCUT2D eigenvalue weighted by atomic mass is 16.8. The molecule has 2 saturated carbocycles. The zero-order chi connectivity index (χ0) is 13.7. The monoisotopic (exact) mass is 280 g/mol. The Balaban J connectivity index is 1.36. The van der Waals surface area contributed by atoms with Crippen LogP contribution in [0.15, 0.2) is 0 Å². The second-order valence-electron chi connectivity index (χ2n) is 7.49. The van der Waals surface area contributed by atoms with E-state index in [-0.39, 0.29) is 0 Å². The fourth-order valence-electron chi connectivity index (χ4n) is 5.67. The zero-order valence-electron chi connectivity index (χ0n) is 12.6. The molecule has 4 fully saturated rings. The molecule has 0 aromatic heterocycles. The maximum Gasteiger partial charge on any atom is 0.175 e. The fourth-order valence-corrected chi connectivity index (χ4v) is 5.67. The highest BCUT2D eigenvalue weighted by molar-refractivity contribution is 5.14. The molecule has 20 heavy (non-hydrogen) atoms. The Morgan fingerprint density at radius 1 is 1.05 bits per heavy atom. The summed E-state index contributed by atoms with van der Waals surface area (Å²) in [6, 6.07) is 0. The summed E-state index contributed by atoms with van der Waals surface area (Å²) in [6.07, 6.45) is 11.1. The Morgan fingerprint density at radius 2 is 1.85 bits per heavy atom. The van der Waals surface area contributed by atoms with E-state index in [2.05, 4.69) is 6.92 Å². The summed E-state index contributed by atoms with van der Waals surface area (Å²) in [5, 5.41) is 10.3. The molecule has 1 N–H and O–H groups in total. The Kier molecular flexibility index (Phi) is 3.36. The third-order valence-corrected chi connectivity index (χ3v) is 6.39. The number of hydrogen-bond donors (Lipinski definition) is 1. The molecule has 0 unspecified atom stereocenters. The number of unbranched alkanes of at least 4 members (excludes halogenated alkanes) is 5. The topological polar surface area (TPSA) is 38.7 Å². The van der Waals surface area contributed by atoms with Gasteiger partial charge in [-0.3, -0.25) is 0 Å². The third-order valence-electron chi connectivity index (χ3n) is 6.39. The molecule has 0 amide bonds. The first kappa shape index (κ1) is 13.5. The first-order valence-corrected chi connectivity index (χ1v) is 8.79. The molecule has 3 heteroatoms. The van der Waals surface area contributed by atoms with Crippen molar-refractivity contribution in [3.05, 3.63) is 0 Å². The van der Waals surface area contributed by atoms with E-state index in [0.29, 0.717) is 29.8 Å². The molecule has 0 aromatic carbocycles. The molecule has 3 nitrogen and oxygen atoms in total. The van der Waals surface area contributed by atoms with Gasteiger partial charge in [0.1, 0.15) is 0 Å². The minimum absolute atomic E-state index is 0.374. The molecule has 2 aliphatic carbocycles. The molecule has 4 rings (SSSR count). The van der Waals surface area contributed by atoms with Crippen LogP contribution < -0.4 is 0 Å². The number of aliphatic hydroxyl groups is 1. The van der Waals surface area contributed by atoms with Crippen LogP contribution >= 0.6 is 0 Å². The van der Waals surface area contributed by atoms with E-state index in [1.54, 1.807) is 0 Å². The normalized spacial score (nSPS) is 51.3. The van der Waals surface area contributed by atoms with Crippen molar-refractivity contribution >= 4 is 0 Å². The molecule has 0 spiro atoms. The van der Waals surface area contributed by atoms with Crippen LogP contribution in [0.25, 0.3) is 0 Å². The van der Waals surface area contributed by atoms with Gasteiger partial charge >= 0.3 is 0 Å². The molecule has 2 aliphatic heterocycles. The number of hydrogen-bond acceptors (Lipinski definition) is 3. The van der Waals surface area contributed by atoms with E-state index in [1.165, 1.54) is 51.4 Å². The van der Waals surface area contributed by atoms with E-state index in [1.807, 2.05) is 0 Å². The standard InChI is InChI=1S/C17H28O3/c1-2-3-4-5-6-7-8-17-15-12-9-11(10-13(12)19-17)14(15)16(18)20-17/h11-16,18H,2-10H2,1H3/t11-,12+,13-,14-,15-,16+,17+/m1/s1. The van der Waals surface area contributed by atoms with Crippen LogP contribution in [0, 0.1) is 23.7 Å². The minimum atomic E-state index is -0.559. The SMILES string of the molecule is CCCCCCCC[C@]12O[C@H](O)[C@@H]3[C@@H]4C[C@H]([C@H]31)[C@@H](C4)O2. The average Bonchev–Trinajstić information content (AvgIpc) is 3.08. The van der Waals surface area contributed by atoms with E-state index in [0.717, 1.165) is 6.42 Å². The van der Waals surface area contributed by atoms with Crippen molar-refractivity contribution < 1.29 is 14.6 Å². The highest BCUT2D eigenvalue weighted by Crippen LogP contribution is 2.68. The van der Waals surface area contributed by atoms with Gasteiger partial charge in [-0.2, -0.15) is 0 Å². The minimum Gasteiger partial charge on any atom is -0.368 e. The number of aliphatic hydroxyl groups excluding tert-OH is 1. The van der Waals surface area contributed by atoms with Crippen molar-refractivity contribution in [1.29, 1.82) is 0 Å². The van der Waals surface area contributed by atoms with Crippen molar-refractivity contribution in [1.82, 2.24) is 0 Å². The van der Waals surface area contributed by atoms with Crippen LogP contribution in [-0.4, -0.2) is 23.3 Å². The van der Waals surface area contributed by atoms with Crippen LogP contribution in [0.3, 0.4) is 0 Å². The molecule has 7 atom stereocenters. The van der Waals surface area contributed by atoms with Crippen molar-refractivity contribution in [3.8, 4) is 0 Å². The van der Waals surface area contributed by atoms with Crippen LogP contribution in [0.2, 0.25) is 0 Å². The highest BCUT2D eigenvalue weighted by Gasteiger charge is 2.73. The predicted molar refractivity (Wildman–Crippen MR) is 75.9 cm³/mol. The fraction of sp³-hybridized carbons (Fsp3) is 1.00. The molecule has 2 bridgehead atoms. The Bertz CT molecular complexity index is 369. The smallest absolute Gasteiger partial charge is 0.175 e. The first-order chi connectivity index (χ1) is 9.75. The molecule has 0 aromatic rings. The number of ether oxygens (including phenoxy) is 2. The van der Waals surface area contributed by atoms with Gasteiger partial charge in [0.25, 0.3) is 0 Å². The Hall–Kier alpha value is -0.120. The summed E-state index contributed by atoms with van der Waals surface area (Å²) in [7, 11) is 0. The lowest BCUT2D eigenvalue weighted by molar-refractivity contribution is -0.275. The Labute approximate surface area is 122 Å². The van der Waals surface area contributed by atoms with Crippen LogP contribution in [0.1, 0.15) is 64.7 Å². The molecule has 4 aliphatic rings. The summed E-state index contributed by atoms with van der Waals surface area (Å²) < 4.78 is 12.3. The summed E-state index contributed by atoms with van der Waals surface area (Å²) in [6.45, 7) is 2.26. The third kappa shape index (κ3) is 1.82. The maximum absolute atomic E-state index is 10.3. The average molecular weight is 280 g/mol. The van der Waals surface area contributed by atoms with Gasteiger partial charge in [-0.1, -0.05) is 39.0 Å². The van der Waals surface area contributed by atoms with Gasteiger partial charge in [0.05, 0.1) is 6.10 Å². The lowest BCUT2D eigenvalue weighted by Gasteiger charge is -2.28. The lowest BCUT2D eigenvalue weighted by Crippen LogP contribution is -2.34. The first-order valence-electron chi connectivity index (χ1n) is 8.79. The van der Waals surface area contributed by atoms with E-state index < -0.39 is 12.1 Å². The molecular weight excluding hydrogens is 252 g/mol. The Morgan fingerprint density at radius 3 is 2.70 bits per heavy atom. The second kappa shape index (κ2) is 4.96. The van der Waals surface area contributed by atoms with Crippen LogP contribution in [-0.2, 0) is 9.47 Å². The van der Waals surface area contributed by atoms with Crippen molar-refractivity contribution in [3.63, 3.8) is 0 Å².